The quantitative estimate of drug-likeness (QED) is 0.715. The highest BCUT2D eigenvalue weighted by Gasteiger charge is 2.31. The van der Waals surface area contributed by atoms with E-state index in [1.54, 1.807) is 0 Å². The van der Waals surface area contributed by atoms with Gasteiger partial charge in [0.1, 0.15) is 7.28 Å². The van der Waals surface area contributed by atoms with Gasteiger partial charge in [-0.25, -0.2) is 0 Å². The van der Waals surface area contributed by atoms with Gasteiger partial charge in [-0.3, -0.25) is 0 Å². The molecule has 0 aromatic carbocycles. The largest absolute Gasteiger partial charge is 0.317 e. The lowest BCUT2D eigenvalue weighted by molar-refractivity contribution is 0.288. The predicted octanol–water partition coefficient (Wildman–Crippen LogP) is 3.89. The van der Waals surface area contributed by atoms with Crippen molar-refractivity contribution in [3.63, 3.8) is 0 Å². The fraction of sp³-hybridized carbons (Fsp3) is 1.00. The van der Waals surface area contributed by atoms with E-state index in [0.29, 0.717) is 0 Å². The van der Waals surface area contributed by atoms with Crippen molar-refractivity contribution >= 4 is 7.28 Å². The van der Waals surface area contributed by atoms with Crippen LogP contribution in [0.5, 0.6) is 0 Å². The molecule has 0 bridgehead atoms. The number of nitrogens with one attached hydrogen (secondary N) is 1. The molecule has 2 heteroatoms. The van der Waals surface area contributed by atoms with Crippen LogP contribution in [0.25, 0.3) is 0 Å². The average molecular weight is 234 g/mol. The van der Waals surface area contributed by atoms with Crippen LogP contribution < -0.4 is 5.32 Å². The van der Waals surface area contributed by atoms with Gasteiger partial charge in [-0.1, -0.05) is 70.4 Å². The normalized spacial score (nSPS) is 33.5. The number of hydrogen-bond acceptors (Lipinski definition) is 1. The maximum Gasteiger partial charge on any atom is 0.112 e. The molecule has 1 heterocycles. The Morgan fingerprint density at radius 3 is 2.00 bits per heavy atom. The first-order valence-electron chi connectivity index (χ1n) is 7.92. The van der Waals surface area contributed by atoms with Crippen LogP contribution >= 0.6 is 0 Å². The van der Waals surface area contributed by atoms with Crippen molar-refractivity contribution in [2.24, 2.45) is 11.8 Å². The molecule has 2 unspecified atom stereocenters. The van der Waals surface area contributed by atoms with Gasteiger partial charge in [0, 0.05) is 0 Å². The van der Waals surface area contributed by atoms with Gasteiger partial charge in [-0.05, 0) is 24.9 Å². The Kier molecular flexibility index (Phi) is 5.90. The SMILES string of the molecule is C[B]C1CNCC1C1CCCCCCCCC1. The minimum absolute atomic E-state index is 0.850. The Balaban J connectivity index is 1.86. The average Bonchev–Trinajstić information content (AvgIpc) is 2.84. The van der Waals surface area contributed by atoms with E-state index in [1.807, 2.05) is 0 Å². The van der Waals surface area contributed by atoms with Crippen LogP contribution in [0.3, 0.4) is 0 Å². The Morgan fingerprint density at radius 2 is 1.41 bits per heavy atom. The van der Waals surface area contributed by atoms with Gasteiger partial charge >= 0.3 is 0 Å². The molecule has 1 radical (unpaired) electrons. The van der Waals surface area contributed by atoms with Crippen LogP contribution in [0, 0.1) is 11.8 Å². The van der Waals surface area contributed by atoms with Gasteiger partial charge in [0.05, 0.1) is 0 Å². The molecular weight excluding hydrogens is 205 g/mol. The van der Waals surface area contributed by atoms with Crippen LogP contribution in [0.1, 0.15) is 57.8 Å². The lowest BCUT2D eigenvalue weighted by Crippen LogP contribution is -2.22. The fourth-order valence-corrected chi connectivity index (χ4v) is 3.87. The highest BCUT2D eigenvalue weighted by molar-refractivity contribution is 6.36. The summed E-state index contributed by atoms with van der Waals surface area (Å²) in [4.78, 5) is 0. The molecule has 97 valence electrons. The van der Waals surface area contributed by atoms with Crippen LogP contribution in [0.2, 0.25) is 12.6 Å². The predicted molar refractivity (Wildman–Crippen MR) is 76.8 cm³/mol. The molecule has 1 saturated carbocycles. The Labute approximate surface area is 108 Å². The van der Waals surface area contributed by atoms with E-state index >= 15 is 0 Å². The van der Waals surface area contributed by atoms with Crippen LogP contribution in [0.15, 0.2) is 0 Å². The third-order valence-electron chi connectivity index (χ3n) is 4.99. The molecule has 0 aromatic heterocycles. The highest BCUT2D eigenvalue weighted by Crippen LogP contribution is 2.36. The molecule has 17 heavy (non-hydrogen) atoms. The first-order valence-corrected chi connectivity index (χ1v) is 7.92. The molecule has 2 fully saturated rings. The van der Waals surface area contributed by atoms with E-state index in [-0.39, 0.29) is 0 Å². The maximum atomic E-state index is 3.60. The lowest BCUT2D eigenvalue weighted by Gasteiger charge is -2.28. The lowest BCUT2D eigenvalue weighted by atomic mass is 9.59. The van der Waals surface area contributed by atoms with E-state index in [0.717, 1.165) is 17.7 Å². The summed E-state index contributed by atoms with van der Waals surface area (Å²) in [6.07, 6.45) is 13.4. The molecule has 0 spiro atoms. The van der Waals surface area contributed by atoms with Gasteiger partial charge in [-0.2, -0.15) is 0 Å². The summed E-state index contributed by atoms with van der Waals surface area (Å²) in [5.74, 6) is 2.80. The standard InChI is InChI=1S/C15H29BN/c1-16-15-12-17-11-14(15)13-9-7-5-3-2-4-6-8-10-13/h13-15,17H,2-12H2,1H3. The van der Waals surface area contributed by atoms with Gasteiger partial charge in [0.15, 0.2) is 0 Å². The molecule has 2 aliphatic rings. The third-order valence-corrected chi connectivity index (χ3v) is 4.99. The van der Waals surface area contributed by atoms with Crippen molar-refractivity contribution < 1.29 is 0 Å². The van der Waals surface area contributed by atoms with Gasteiger partial charge < -0.3 is 5.32 Å². The molecule has 1 aliphatic carbocycles. The monoisotopic (exact) mass is 234 g/mol. The summed E-state index contributed by atoms with van der Waals surface area (Å²) in [6, 6.07) is 0. The maximum absolute atomic E-state index is 3.60. The van der Waals surface area contributed by atoms with E-state index in [4.69, 9.17) is 0 Å². The summed E-state index contributed by atoms with van der Waals surface area (Å²) in [6.45, 7) is 4.77. The van der Waals surface area contributed by atoms with E-state index in [1.165, 1.54) is 70.9 Å². The molecule has 1 N–H and O–H groups in total. The molecule has 1 saturated heterocycles. The minimum Gasteiger partial charge on any atom is -0.317 e. The summed E-state index contributed by atoms with van der Waals surface area (Å²) in [5, 5.41) is 3.60. The molecule has 0 amide bonds. The van der Waals surface area contributed by atoms with Crippen molar-refractivity contribution in [2.45, 2.75) is 70.4 Å². The summed E-state index contributed by atoms with van der Waals surface area (Å²) in [5.41, 5.74) is 0. The number of rotatable bonds is 2. The zero-order valence-electron chi connectivity index (χ0n) is 11.6. The topological polar surface area (TPSA) is 12.0 Å². The Bertz CT molecular complexity index is 197. The van der Waals surface area contributed by atoms with Crippen LogP contribution in [-0.2, 0) is 0 Å². The molecule has 2 rings (SSSR count). The Hall–Kier alpha value is 0.0249. The number of hydrogen-bond donors (Lipinski definition) is 1. The van der Waals surface area contributed by atoms with Crippen molar-refractivity contribution in [2.75, 3.05) is 13.1 Å². The van der Waals surface area contributed by atoms with Gasteiger partial charge in [0.25, 0.3) is 0 Å². The van der Waals surface area contributed by atoms with E-state index in [9.17, 15) is 0 Å². The zero-order chi connectivity index (χ0) is 11.9. The molecule has 0 aromatic rings. The summed E-state index contributed by atoms with van der Waals surface area (Å²) < 4.78 is 0. The first kappa shape index (κ1) is 13.5. The van der Waals surface area contributed by atoms with Gasteiger partial charge in [-0.15, -0.1) is 0 Å². The highest BCUT2D eigenvalue weighted by atomic mass is 14.9. The fourth-order valence-electron chi connectivity index (χ4n) is 3.87. The summed E-state index contributed by atoms with van der Waals surface area (Å²) in [7, 11) is 2.45. The zero-order valence-corrected chi connectivity index (χ0v) is 11.6. The molecule has 1 aliphatic heterocycles. The smallest absolute Gasteiger partial charge is 0.112 e. The van der Waals surface area contributed by atoms with Gasteiger partial charge in [0.2, 0.25) is 0 Å². The second-order valence-corrected chi connectivity index (χ2v) is 6.13. The van der Waals surface area contributed by atoms with Crippen molar-refractivity contribution in [1.82, 2.24) is 5.32 Å². The molecular formula is C15H29BN. The minimum atomic E-state index is 0.850. The van der Waals surface area contributed by atoms with E-state index < -0.39 is 0 Å². The van der Waals surface area contributed by atoms with Crippen molar-refractivity contribution in [3.05, 3.63) is 0 Å². The summed E-state index contributed by atoms with van der Waals surface area (Å²) >= 11 is 0. The third kappa shape index (κ3) is 4.01. The Morgan fingerprint density at radius 1 is 0.824 bits per heavy atom. The van der Waals surface area contributed by atoms with Crippen molar-refractivity contribution in [3.8, 4) is 0 Å². The second-order valence-electron chi connectivity index (χ2n) is 6.13. The first-order chi connectivity index (χ1) is 8.42. The molecule has 1 nitrogen and oxygen atoms in total. The van der Waals surface area contributed by atoms with Crippen LogP contribution in [-0.4, -0.2) is 20.4 Å². The van der Waals surface area contributed by atoms with Crippen LogP contribution in [0.4, 0.5) is 0 Å². The second kappa shape index (κ2) is 7.46. The van der Waals surface area contributed by atoms with E-state index in [2.05, 4.69) is 19.4 Å². The molecule has 2 atom stereocenters. The van der Waals surface area contributed by atoms with Crippen molar-refractivity contribution in [1.29, 1.82) is 0 Å².